The van der Waals surface area contributed by atoms with E-state index in [9.17, 15) is 4.79 Å². The van der Waals surface area contributed by atoms with Gasteiger partial charge in [-0.3, -0.25) is 4.79 Å². The first-order valence-electron chi connectivity index (χ1n) is 3.81. The van der Waals surface area contributed by atoms with Gasteiger partial charge in [-0.2, -0.15) is 0 Å². The normalized spacial score (nSPS) is 9.62. The molecule has 13 heavy (non-hydrogen) atoms. The van der Waals surface area contributed by atoms with Crippen LogP contribution in [0, 0.1) is 0 Å². The second-order valence-corrected chi connectivity index (χ2v) is 3.27. The fraction of sp³-hybridized carbons (Fsp3) is 0.250. The third-order valence-corrected chi connectivity index (χ3v) is 2.24. The van der Waals surface area contributed by atoms with E-state index in [4.69, 9.17) is 5.73 Å². The first kappa shape index (κ1) is 9.88. The molecule has 1 aromatic rings. The lowest BCUT2D eigenvalue weighted by atomic mass is 10.4. The zero-order chi connectivity index (χ0) is 9.68. The Kier molecular flexibility index (Phi) is 3.60. The Hall–Kier alpha value is -1.20. The molecule has 0 radical (unpaired) electrons. The maximum Gasteiger partial charge on any atom is 0.271 e. The Balaban J connectivity index is 2.60. The minimum atomic E-state index is -0.184. The molecule has 0 aliphatic heterocycles. The van der Waals surface area contributed by atoms with Gasteiger partial charge in [-0.15, -0.1) is 17.9 Å². The maximum absolute atomic E-state index is 11.3. The van der Waals surface area contributed by atoms with E-state index in [1.807, 2.05) is 0 Å². The molecule has 0 aromatic carbocycles. The molecule has 70 valence electrons. The standard InChI is InChI=1S/C8H11N3OS/c1-2-3-10-8(12)6-5-13-7(4-9)11-6/h2,5H,1,3-4,9H2,(H,10,12). The van der Waals surface area contributed by atoms with Crippen LogP contribution >= 0.6 is 11.3 Å². The summed E-state index contributed by atoms with van der Waals surface area (Å²) in [5.74, 6) is -0.184. The SMILES string of the molecule is C=CCNC(=O)c1csc(CN)n1. The molecule has 1 rings (SSSR count). The second-order valence-electron chi connectivity index (χ2n) is 2.33. The Bertz CT molecular complexity index is 308. The average molecular weight is 197 g/mol. The van der Waals surface area contributed by atoms with Crippen LogP contribution in [0.1, 0.15) is 15.5 Å². The predicted octanol–water partition coefficient (Wildman–Crippen LogP) is 0.518. The van der Waals surface area contributed by atoms with Crippen molar-refractivity contribution in [2.75, 3.05) is 6.54 Å². The van der Waals surface area contributed by atoms with Crippen molar-refractivity contribution in [3.8, 4) is 0 Å². The van der Waals surface area contributed by atoms with Gasteiger partial charge in [0.25, 0.3) is 5.91 Å². The molecule has 0 fully saturated rings. The number of amides is 1. The molecule has 0 atom stereocenters. The molecule has 1 aromatic heterocycles. The molecule has 0 bridgehead atoms. The van der Waals surface area contributed by atoms with Gasteiger partial charge in [0.1, 0.15) is 10.7 Å². The van der Waals surface area contributed by atoms with Crippen LogP contribution in [0.5, 0.6) is 0 Å². The molecule has 5 heteroatoms. The Morgan fingerprint density at radius 2 is 2.62 bits per heavy atom. The summed E-state index contributed by atoms with van der Waals surface area (Å²) in [4.78, 5) is 15.3. The molecular formula is C8H11N3OS. The molecule has 0 saturated carbocycles. The zero-order valence-corrected chi connectivity index (χ0v) is 7.93. The summed E-state index contributed by atoms with van der Waals surface area (Å²) in [5, 5.41) is 5.09. The predicted molar refractivity (Wildman–Crippen MR) is 52.5 cm³/mol. The summed E-state index contributed by atoms with van der Waals surface area (Å²) in [7, 11) is 0. The Labute approximate surface area is 80.5 Å². The lowest BCUT2D eigenvalue weighted by Crippen LogP contribution is -2.23. The number of carbonyl (C=O) groups is 1. The van der Waals surface area contributed by atoms with Gasteiger partial charge < -0.3 is 11.1 Å². The van der Waals surface area contributed by atoms with E-state index in [1.165, 1.54) is 11.3 Å². The number of hydrogen-bond donors (Lipinski definition) is 2. The molecule has 1 amide bonds. The summed E-state index contributed by atoms with van der Waals surface area (Å²) in [6.45, 7) is 4.32. The van der Waals surface area contributed by atoms with E-state index in [-0.39, 0.29) is 5.91 Å². The number of rotatable bonds is 4. The van der Waals surface area contributed by atoms with E-state index in [2.05, 4.69) is 16.9 Å². The number of nitrogens with zero attached hydrogens (tertiary/aromatic N) is 1. The van der Waals surface area contributed by atoms with Gasteiger partial charge >= 0.3 is 0 Å². The summed E-state index contributed by atoms with van der Waals surface area (Å²) in [6.07, 6.45) is 1.62. The molecule has 0 saturated heterocycles. The highest BCUT2D eigenvalue weighted by Crippen LogP contribution is 2.08. The van der Waals surface area contributed by atoms with Crippen LogP contribution in [0.4, 0.5) is 0 Å². The number of hydrogen-bond acceptors (Lipinski definition) is 4. The molecule has 1 heterocycles. The highest BCUT2D eigenvalue weighted by Gasteiger charge is 2.07. The molecule has 0 unspecified atom stereocenters. The van der Waals surface area contributed by atoms with Gasteiger partial charge in [0, 0.05) is 18.5 Å². The van der Waals surface area contributed by atoms with Crippen molar-refractivity contribution < 1.29 is 4.79 Å². The van der Waals surface area contributed by atoms with E-state index in [0.717, 1.165) is 5.01 Å². The van der Waals surface area contributed by atoms with Crippen molar-refractivity contribution in [2.24, 2.45) is 5.73 Å². The van der Waals surface area contributed by atoms with Crippen LogP contribution in [0.2, 0.25) is 0 Å². The largest absolute Gasteiger partial charge is 0.347 e. The summed E-state index contributed by atoms with van der Waals surface area (Å²) in [5.41, 5.74) is 5.79. The van der Waals surface area contributed by atoms with Crippen LogP contribution in [0.25, 0.3) is 0 Å². The van der Waals surface area contributed by atoms with Gasteiger partial charge in [0.05, 0.1) is 0 Å². The highest BCUT2D eigenvalue weighted by molar-refractivity contribution is 7.09. The van der Waals surface area contributed by atoms with Crippen molar-refractivity contribution in [3.63, 3.8) is 0 Å². The molecule has 0 aliphatic rings. The molecule has 3 N–H and O–H groups in total. The van der Waals surface area contributed by atoms with Crippen molar-refractivity contribution in [2.45, 2.75) is 6.54 Å². The number of nitrogens with two attached hydrogens (primary N) is 1. The highest BCUT2D eigenvalue weighted by atomic mass is 32.1. The summed E-state index contributed by atoms with van der Waals surface area (Å²) < 4.78 is 0. The first-order chi connectivity index (χ1) is 6.27. The Morgan fingerprint density at radius 1 is 1.85 bits per heavy atom. The maximum atomic E-state index is 11.3. The van der Waals surface area contributed by atoms with Crippen LogP contribution in [0.3, 0.4) is 0 Å². The van der Waals surface area contributed by atoms with Crippen LogP contribution < -0.4 is 11.1 Å². The monoisotopic (exact) mass is 197 g/mol. The lowest BCUT2D eigenvalue weighted by Gasteiger charge is -1.96. The quantitative estimate of drug-likeness (QED) is 0.691. The number of carbonyl (C=O) groups excluding carboxylic acids is 1. The van der Waals surface area contributed by atoms with Crippen LogP contribution in [0.15, 0.2) is 18.0 Å². The number of nitrogens with one attached hydrogen (secondary N) is 1. The van der Waals surface area contributed by atoms with Crippen molar-refractivity contribution in [3.05, 3.63) is 28.7 Å². The fourth-order valence-electron chi connectivity index (χ4n) is 0.764. The van der Waals surface area contributed by atoms with E-state index in [1.54, 1.807) is 11.5 Å². The van der Waals surface area contributed by atoms with E-state index in [0.29, 0.717) is 18.8 Å². The van der Waals surface area contributed by atoms with E-state index < -0.39 is 0 Å². The fourth-order valence-corrected chi connectivity index (χ4v) is 1.42. The molecule has 0 spiro atoms. The number of thiazole rings is 1. The second kappa shape index (κ2) is 4.74. The smallest absolute Gasteiger partial charge is 0.271 e. The molecular weight excluding hydrogens is 186 g/mol. The van der Waals surface area contributed by atoms with Gasteiger partial charge in [-0.1, -0.05) is 6.08 Å². The zero-order valence-electron chi connectivity index (χ0n) is 7.12. The molecule has 0 aliphatic carbocycles. The third kappa shape index (κ3) is 2.64. The topological polar surface area (TPSA) is 68.0 Å². The van der Waals surface area contributed by atoms with Gasteiger partial charge in [0.2, 0.25) is 0 Å². The van der Waals surface area contributed by atoms with Crippen LogP contribution in [-0.4, -0.2) is 17.4 Å². The van der Waals surface area contributed by atoms with Crippen molar-refractivity contribution in [1.29, 1.82) is 0 Å². The number of aromatic nitrogens is 1. The average Bonchev–Trinajstić information content (AvgIpc) is 2.62. The summed E-state index contributed by atoms with van der Waals surface area (Å²) in [6, 6.07) is 0. The third-order valence-electron chi connectivity index (χ3n) is 1.37. The molecule has 4 nitrogen and oxygen atoms in total. The van der Waals surface area contributed by atoms with Gasteiger partial charge in [-0.05, 0) is 0 Å². The van der Waals surface area contributed by atoms with Crippen LogP contribution in [-0.2, 0) is 6.54 Å². The summed E-state index contributed by atoms with van der Waals surface area (Å²) >= 11 is 1.39. The minimum Gasteiger partial charge on any atom is -0.347 e. The van der Waals surface area contributed by atoms with Gasteiger partial charge in [0.15, 0.2) is 0 Å². The first-order valence-corrected chi connectivity index (χ1v) is 4.69. The van der Waals surface area contributed by atoms with Crippen molar-refractivity contribution >= 4 is 17.2 Å². The van der Waals surface area contributed by atoms with E-state index >= 15 is 0 Å². The van der Waals surface area contributed by atoms with Gasteiger partial charge in [-0.25, -0.2) is 4.98 Å². The lowest BCUT2D eigenvalue weighted by molar-refractivity contribution is 0.0953. The minimum absolute atomic E-state index is 0.184. The van der Waals surface area contributed by atoms with Crippen molar-refractivity contribution in [1.82, 2.24) is 10.3 Å². The Morgan fingerprint density at radius 3 is 3.15 bits per heavy atom.